The van der Waals surface area contributed by atoms with Gasteiger partial charge in [-0.05, 0) is 29.8 Å². The van der Waals surface area contributed by atoms with Gasteiger partial charge in [0.25, 0.3) is 5.69 Å². The Morgan fingerprint density at radius 2 is 1.62 bits per heavy atom. The van der Waals surface area contributed by atoms with E-state index in [-0.39, 0.29) is 17.1 Å². The van der Waals surface area contributed by atoms with Crippen molar-refractivity contribution in [3.8, 4) is 0 Å². The summed E-state index contributed by atoms with van der Waals surface area (Å²) in [6.07, 6.45) is 0. The minimum absolute atomic E-state index is 0.00906. The number of benzene rings is 2. The largest absolute Gasteiger partial charge is 0.269 e. The first-order valence-corrected chi connectivity index (χ1v) is 8.15. The van der Waals surface area contributed by atoms with Gasteiger partial charge in [0.15, 0.2) is 0 Å². The summed E-state index contributed by atoms with van der Waals surface area (Å²) >= 11 is 3.30. The maximum Gasteiger partial charge on any atom is 0.269 e. The number of sulfonamides is 1. The van der Waals surface area contributed by atoms with Crippen molar-refractivity contribution in [3.05, 3.63) is 68.7 Å². The zero-order valence-corrected chi connectivity index (χ0v) is 13.1. The molecular weight excluding hydrogens is 360 g/mol. The molecule has 0 aliphatic rings. The van der Waals surface area contributed by atoms with Gasteiger partial charge in [-0.2, -0.15) is 0 Å². The van der Waals surface area contributed by atoms with Crippen LogP contribution in [0.5, 0.6) is 0 Å². The molecule has 8 heteroatoms. The maximum atomic E-state index is 12.1. The molecule has 0 saturated carbocycles. The third-order valence-corrected chi connectivity index (χ3v) is 4.68. The summed E-state index contributed by atoms with van der Waals surface area (Å²) in [5.41, 5.74) is 0.658. The van der Waals surface area contributed by atoms with Gasteiger partial charge >= 0.3 is 0 Å². The maximum absolute atomic E-state index is 12.1. The van der Waals surface area contributed by atoms with E-state index in [1.807, 2.05) is 12.1 Å². The van der Waals surface area contributed by atoms with Crippen molar-refractivity contribution in [1.29, 1.82) is 0 Å². The van der Waals surface area contributed by atoms with Crippen LogP contribution in [-0.2, 0) is 16.6 Å². The van der Waals surface area contributed by atoms with Crippen LogP contribution in [0.3, 0.4) is 0 Å². The lowest BCUT2D eigenvalue weighted by molar-refractivity contribution is -0.384. The Morgan fingerprint density at radius 3 is 2.14 bits per heavy atom. The topological polar surface area (TPSA) is 89.3 Å². The number of nitro benzene ring substituents is 1. The lowest BCUT2D eigenvalue weighted by Crippen LogP contribution is -2.23. The van der Waals surface area contributed by atoms with Crippen molar-refractivity contribution in [1.82, 2.24) is 4.72 Å². The molecule has 0 radical (unpaired) electrons. The molecule has 0 atom stereocenters. The highest BCUT2D eigenvalue weighted by Crippen LogP contribution is 2.16. The van der Waals surface area contributed by atoms with Crippen LogP contribution in [0.25, 0.3) is 0 Å². The summed E-state index contributed by atoms with van der Waals surface area (Å²) in [4.78, 5) is 9.95. The molecule has 0 aromatic heterocycles. The number of halogens is 1. The highest BCUT2D eigenvalue weighted by molar-refractivity contribution is 9.10. The second kappa shape index (κ2) is 6.33. The Balaban J connectivity index is 2.11. The lowest BCUT2D eigenvalue weighted by atomic mass is 10.2. The van der Waals surface area contributed by atoms with Gasteiger partial charge in [-0.3, -0.25) is 10.1 Å². The van der Waals surface area contributed by atoms with Gasteiger partial charge in [-0.25, -0.2) is 13.1 Å². The van der Waals surface area contributed by atoms with Crippen molar-refractivity contribution in [2.45, 2.75) is 11.4 Å². The minimum Gasteiger partial charge on any atom is -0.258 e. The van der Waals surface area contributed by atoms with Crippen LogP contribution >= 0.6 is 15.9 Å². The average Bonchev–Trinajstić information content (AvgIpc) is 2.47. The Morgan fingerprint density at radius 1 is 1.05 bits per heavy atom. The normalized spacial score (nSPS) is 11.3. The first-order chi connectivity index (χ1) is 9.88. The summed E-state index contributed by atoms with van der Waals surface area (Å²) in [7, 11) is -3.70. The van der Waals surface area contributed by atoms with Gasteiger partial charge in [0.05, 0.1) is 9.82 Å². The summed E-state index contributed by atoms with van der Waals surface area (Å²) < 4.78 is 27.5. The molecule has 2 aromatic rings. The van der Waals surface area contributed by atoms with Crippen LogP contribution in [0.4, 0.5) is 5.69 Å². The number of nitrogens with zero attached hydrogens (tertiary/aromatic N) is 1. The molecule has 0 spiro atoms. The number of non-ortho nitro benzene ring substituents is 1. The molecule has 0 saturated heterocycles. The highest BCUT2D eigenvalue weighted by Gasteiger charge is 2.15. The Bertz CT molecular complexity index is 743. The zero-order valence-electron chi connectivity index (χ0n) is 10.7. The van der Waals surface area contributed by atoms with E-state index in [0.717, 1.165) is 22.2 Å². The minimum atomic E-state index is -3.70. The monoisotopic (exact) mass is 370 g/mol. The van der Waals surface area contributed by atoms with Gasteiger partial charge in [0.1, 0.15) is 0 Å². The third kappa shape index (κ3) is 4.10. The number of hydrogen-bond acceptors (Lipinski definition) is 4. The molecule has 1 N–H and O–H groups in total. The standard InChI is InChI=1S/C13H11BrN2O4S/c14-11-3-1-10(2-4-11)9-15-21(19,20)13-7-5-12(6-8-13)16(17)18/h1-8,15H,9H2. The Kier molecular flexibility index (Phi) is 4.71. The SMILES string of the molecule is O=[N+]([O-])c1ccc(S(=O)(=O)NCc2ccc(Br)cc2)cc1. The molecule has 21 heavy (non-hydrogen) atoms. The molecule has 2 aromatic carbocycles. The molecule has 0 fully saturated rings. The Hall–Kier alpha value is -1.77. The second-order valence-electron chi connectivity index (χ2n) is 4.20. The van der Waals surface area contributed by atoms with Gasteiger partial charge in [0.2, 0.25) is 10.0 Å². The van der Waals surface area contributed by atoms with Gasteiger partial charge < -0.3 is 0 Å². The van der Waals surface area contributed by atoms with Crippen molar-refractivity contribution in [2.75, 3.05) is 0 Å². The van der Waals surface area contributed by atoms with Crippen LogP contribution in [0.2, 0.25) is 0 Å². The third-order valence-electron chi connectivity index (χ3n) is 2.74. The molecule has 0 aliphatic heterocycles. The highest BCUT2D eigenvalue weighted by atomic mass is 79.9. The van der Waals surface area contributed by atoms with Crippen LogP contribution in [-0.4, -0.2) is 13.3 Å². The van der Waals surface area contributed by atoms with Crippen molar-refractivity contribution >= 4 is 31.6 Å². The van der Waals surface area contributed by atoms with Gasteiger partial charge in [0, 0.05) is 23.2 Å². The fourth-order valence-electron chi connectivity index (χ4n) is 1.61. The van der Waals surface area contributed by atoms with E-state index in [9.17, 15) is 18.5 Å². The molecule has 0 amide bonds. The zero-order chi connectivity index (χ0) is 15.5. The fraction of sp³-hybridized carbons (Fsp3) is 0.0769. The first-order valence-electron chi connectivity index (χ1n) is 5.87. The van der Waals surface area contributed by atoms with E-state index in [4.69, 9.17) is 0 Å². The number of nitrogens with one attached hydrogen (secondary N) is 1. The molecule has 110 valence electrons. The molecule has 0 bridgehead atoms. The molecule has 0 unspecified atom stereocenters. The van der Waals surface area contributed by atoms with Crippen molar-refractivity contribution < 1.29 is 13.3 Å². The summed E-state index contributed by atoms with van der Waals surface area (Å²) in [5.74, 6) is 0. The first kappa shape index (κ1) is 15.6. The van der Waals surface area contributed by atoms with Crippen LogP contribution in [0.1, 0.15) is 5.56 Å². The number of hydrogen-bond donors (Lipinski definition) is 1. The smallest absolute Gasteiger partial charge is 0.258 e. The van der Waals surface area contributed by atoms with E-state index >= 15 is 0 Å². The fourth-order valence-corrected chi connectivity index (χ4v) is 2.89. The molecule has 0 heterocycles. The van der Waals surface area contributed by atoms with E-state index in [1.54, 1.807) is 12.1 Å². The molecule has 6 nitrogen and oxygen atoms in total. The summed E-state index contributed by atoms with van der Waals surface area (Å²) in [5, 5.41) is 10.5. The average molecular weight is 371 g/mol. The predicted molar refractivity (Wildman–Crippen MR) is 81.3 cm³/mol. The van der Waals surface area contributed by atoms with E-state index < -0.39 is 14.9 Å². The quantitative estimate of drug-likeness (QED) is 0.647. The Labute approximate surface area is 130 Å². The van der Waals surface area contributed by atoms with Gasteiger partial charge in [-0.1, -0.05) is 28.1 Å². The molecule has 2 rings (SSSR count). The number of rotatable bonds is 5. The van der Waals surface area contributed by atoms with Crippen molar-refractivity contribution in [3.63, 3.8) is 0 Å². The van der Waals surface area contributed by atoms with Crippen LogP contribution in [0, 0.1) is 10.1 Å². The van der Waals surface area contributed by atoms with E-state index in [0.29, 0.717) is 0 Å². The van der Waals surface area contributed by atoms with Crippen molar-refractivity contribution in [2.24, 2.45) is 0 Å². The van der Waals surface area contributed by atoms with E-state index in [1.165, 1.54) is 12.1 Å². The van der Waals surface area contributed by atoms with E-state index in [2.05, 4.69) is 20.7 Å². The van der Waals surface area contributed by atoms with Crippen LogP contribution in [0.15, 0.2) is 57.9 Å². The second-order valence-corrected chi connectivity index (χ2v) is 6.88. The predicted octanol–water partition coefficient (Wildman–Crippen LogP) is 2.84. The summed E-state index contributed by atoms with van der Waals surface area (Å²) in [6.45, 7) is 0.145. The van der Waals surface area contributed by atoms with Crippen LogP contribution < -0.4 is 4.72 Å². The molecular formula is C13H11BrN2O4S. The lowest BCUT2D eigenvalue weighted by Gasteiger charge is -2.07. The molecule has 0 aliphatic carbocycles. The van der Waals surface area contributed by atoms with Gasteiger partial charge in [-0.15, -0.1) is 0 Å². The summed E-state index contributed by atoms with van der Waals surface area (Å²) in [6, 6.07) is 12.0. The number of nitro groups is 1.